The molecule has 4 nitrogen and oxygen atoms in total. The summed E-state index contributed by atoms with van der Waals surface area (Å²) in [6.45, 7) is 2.70. The first-order valence-corrected chi connectivity index (χ1v) is 8.87. The van der Waals surface area contributed by atoms with Gasteiger partial charge in [0.15, 0.2) is 0 Å². The maximum atomic E-state index is 10.0. The van der Waals surface area contributed by atoms with Gasteiger partial charge in [-0.1, -0.05) is 48.3 Å². The van der Waals surface area contributed by atoms with Gasteiger partial charge in [-0.25, -0.2) is 0 Å². The van der Waals surface area contributed by atoms with Gasteiger partial charge in [-0.2, -0.15) is 5.10 Å². The molecule has 2 aromatic carbocycles. The Labute approximate surface area is 169 Å². The Morgan fingerprint density at radius 2 is 1.96 bits per heavy atom. The molecule has 1 atom stereocenters. The second kappa shape index (κ2) is 8.76. The van der Waals surface area contributed by atoms with E-state index in [1.54, 1.807) is 23.2 Å². The van der Waals surface area contributed by atoms with Crippen molar-refractivity contribution in [1.29, 1.82) is 5.41 Å². The van der Waals surface area contributed by atoms with Crippen LogP contribution in [0.3, 0.4) is 0 Å². The van der Waals surface area contributed by atoms with E-state index in [1.807, 2.05) is 24.3 Å². The summed E-state index contributed by atoms with van der Waals surface area (Å²) in [5, 5.41) is 25.7. The Balaban J connectivity index is 0.00000243. The molecule has 0 aliphatic carbocycles. The number of aryl methyl sites for hydroxylation is 1. The lowest BCUT2D eigenvalue weighted by atomic mass is 9.98. The summed E-state index contributed by atoms with van der Waals surface area (Å²) in [4.78, 5) is 0. The maximum absolute atomic E-state index is 10.0. The number of phenolic OH excluding ortho intramolecular Hbond substituents is 1. The average molecular weight is 413 g/mol. The summed E-state index contributed by atoms with van der Waals surface area (Å²) in [7, 11) is 0. The fourth-order valence-electron chi connectivity index (χ4n) is 2.88. The highest BCUT2D eigenvalue weighted by Gasteiger charge is 2.27. The number of hydrogen-bond acceptors (Lipinski definition) is 3. The van der Waals surface area contributed by atoms with Gasteiger partial charge < -0.3 is 5.11 Å². The molecule has 0 amide bonds. The molecule has 1 unspecified atom stereocenters. The van der Waals surface area contributed by atoms with Crippen LogP contribution in [-0.2, 0) is 6.42 Å². The van der Waals surface area contributed by atoms with Crippen LogP contribution in [0.15, 0.2) is 47.6 Å². The van der Waals surface area contributed by atoms with E-state index in [0.717, 1.165) is 16.8 Å². The predicted octanol–water partition coefficient (Wildman–Crippen LogP) is 5.39. The van der Waals surface area contributed by atoms with Crippen molar-refractivity contribution < 1.29 is 5.11 Å². The van der Waals surface area contributed by atoms with E-state index in [2.05, 4.69) is 12.0 Å². The Bertz CT molecular complexity index is 839. The van der Waals surface area contributed by atoms with Gasteiger partial charge in [0.05, 0.1) is 22.3 Å². The molecule has 0 radical (unpaired) electrons. The number of nitrogens with zero attached hydrogens (tertiary/aromatic N) is 2. The first-order chi connectivity index (χ1) is 12.0. The number of para-hydroxylation sites is 1. The van der Waals surface area contributed by atoms with Crippen molar-refractivity contribution in [3.05, 3.63) is 63.6 Å². The van der Waals surface area contributed by atoms with Crippen LogP contribution < -0.4 is 0 Å². The summed E-state index contributed by atoms with van der Waals surface area (Å²) in [6, 6.07) is 12.7. The number of benzene rings is 2. The normalized spacial score (nSPS) is 16.2. The summed E-state index contributed by atoms with van der Waals surface area (Å²) in [5.74, 6) is 0.819. The smallest absolute Gasteiger partial charge is 0.124 e. The van der Waals surface area contributed by atoms with E-state index in [9.17, 15) is 5.11 Å². The number of hydrazone groups is 1. The van der Waals surface area contributed by atoms with Crippen molar-refractivity contribution in [2.45, 2.75) is 19.8 Å². The molecule has 0 aromatic heterocycles. The Morgan fingerprint density at radius 1 is 1.23 bits per heavy atom. The van der Waals surface area contributed by atoms with E-state index >= 15 is 0 Å². The van der Waals surface area contributed by atoms with Crippen LogP contribution in [0.5, 0.6) is 5.75 Å². The third-order valence-corrected chi connectivity index (χ3v) is 5.01. The summed E-state index contributed by atoms with van der Waals surface area (Å²) in [5.41, 5.74) is 2.59. The summed E-state index contributed by atoms with van der Waals surface area (Å²) < 4.78 is 0. The van der Waals surface area contributed by atoms with Gasteiger partial charge in [0.25, 0.3) is 0 Å². The van der Waals surface area contributed by atoms with Gasteiger partial charge in [0.2, 0.25) is 0 Å². The molecule has 3 rings (SSSR count). The molecule has 7 heteroatoms. The van der Waals surface area contributed by atoms with Gasteiger partial charge in [0.1, 0.15) is 11.6 Å². The molecule has 2 N–H and O–H groups in total. The van der Waals surface area contributed by atoms with E-state index < -0.39 is 0 Å². The predicted molar refractivity (Wildman–Crippen MR) is 110 cm³/mol. The molecule has 0 bridgehead atoms. The quantitative estimate of drug-likeness (QED) is 0.522. The third kappa shape index (κ3) is 4.50. The lowest BCUT2D eigenvalue weighted by Gasteiger charge is -2.15. The van der Waals surface area contributed by atoms with E-state index in [1.165, 1.54) is 0 Å². The molecule has 2 aromatic rings. The Morgan fingerprint density at radius 3 is 2.65 bits per heavy atom. The molecule has 0 saturated heterocycles. The Kier molecular flexibility index (Phi) is 6.93. The zero-order valence-corrected chi connectivity index (χ0v) is 16.6. The highest BCUT2D eigenvalue weighted by Crippen LogP contribution is 2.26. The fraction of sp³-hybridized carbons (Fsp3) is 0.263. The number of nitrogens with one attached hydrogen (secondary N) is 1. The summed E-state index contributed by atoms with van der Waals surface area (Å²) in [6.07, 6.45) is 1.25. The zero-order chi connectivity index (χ0) is 18.0. The topological polar surface area (TPSA) is 59.7 Å². The van der Waals surface area contributed by atoms with Crippen LogP contribution in [0.2, 0.25) is 10.0 Å². The summed E-state index contributed by atoms with van der Waals surface area (Å²) >= 11 is 12.0. The highest BCUT2D eigenvalue weighted by atomic mass is 35.5. The van der Waals surface area contributed by atoms with Crippen molar-refractivity contribution in [3.8, 4) is 5.75 Å². The highest BCUT2D eigenvalue weighted by molar-refractivity contribution is 6.42. The van der Waals surface area contributed by atoms with Crippen LogP contribution in [0.1, 0.15) is 24.5 Å². The maximum Gasteiger partial charge on any atom is 0.124 e. The van der Waals surface area contributed by atoms with Crippen molar-refractivity contribution in [2.75, 3.05) is 6.54 Å². The number of aromatic hydroxyl groups is 1. The minimum atomic E-state index is 0. The minimum absolute atomic E-state index is 0. The van der Waals surface area contributed by atoms with Crippen molar-refractivity contribution >= 4 is 47.2 Å². The van der Waals surface area contributed by atoms with E-state index in [4.69, 9.17) is 28.6 Å². The minimum Gasteiger partial charge on any atom is -0.507 e. The lowest BCUT2D eigenvalue weighted by Crippen LogP contribution is -2.25. The van der Waals surface area contributed by atoms with E-state index in [0.29, 0.717) is 35.3 Å². The van der Waals surface area contributed by atoms with Gasteiger partial charge >= 0.3 is 0 Å². The Hall–Kier alpha value is -1.75. The van der Waals surface area contributed by atoms with Gasteiger partial charge in [-0.3, -0.25) is 10.4 Å². The number of halogens is 3. The first-order valence-electron chi connectivity index (χ1n) is 8.11. The second-order valence-electron chi connectivity index (χ2n) is 6.18. The molecule has 138 valence electrons. The molecule has 0 saturated carbocycles. The second-order valence-corrected chi connectivity index (χ2v) is 7.00. The third-order valence-electron chi connectivity index (χ3n) is 4.27. The molecule has 1 heterocycles. The molecule has 0 spiro atoms. The van der Waals surface area contributed by atoms with Crippen molar-refractivity contribution in [3.63, 3.8) is 0 Å². The molecule has 0 fully saturated rings. The number of phenols is 1. The van der Waals surface area contributed by atoms with Gasteiger partial charge in [-0.15, -0.1) is 12.4 Å². The van der Waals surface area contributed by atoms with Crippen LogP contribution in [0.25, 0.3) is 0 Å². The largest absolute Gasteiger partial charge is 0.507 e. The molecule has 1 aliphatic heterocycles. The zero-order valence-electron chi connectivity index (χ0n) is 14.2. The molecule has 1 aliphatic rings. The first kappa shape index (κ1) is 20.6. The molecular formula is C19H20Cl3N3O. The van der Waals surface area contributed by atoms with Gasteiger partial charge in [-0.05, 0) is 36.2 Å². The number of hydrogen-bond donors (Lipinski definition) is 2. The molecular weight excluding hydrogens is 393 g/mol. The van der Waals surface area contributed by atoms with Crippen LogP contribution in [-0.4, -0.2) is 28.2 Å². The lowest BCUT2D eigenvalue weighted by molar-refractivity contribution is 0.443. The number of rotatable bonds is 4. The average Bonchev–Trinajstić information content (AvgIpc) is 2.98. The van der Waals surface area contributed by atoms with E-state index in [-0.39, 0.29) is 24.1 Å². The van der Waals surface area contributed by atoms with Crippen molar-refractivity contribution in [2.24, 2.45) is 11.0 Å². The standard InChI is InChI=1S/C19H19Cl2N3O.ClH/c1-12-11-24(23-19(12)14-4-2-3-5-17(14)25)18(22)9-7-13-6-8-15(20)16(21)10-13;/h2-6,8,10,12,22,25H,7,9,11H2,1H3;1H. The number of amidine groups is 1. The van der Waals surface area contributed by atoms with Crippen LogP contribution in [0.4, 0.5) is 0 Å². The van der Waals surface area contributed by atoms with Crippen LogP contribution >= 0.6 is 35.6 Å². The SMILES string of the molecule is CC1CN(C(=N)CCc2ccc(Cl)c(Cl)c2)N=C1c1ccccc1O.Cl. The van der Waals surface area contributed by atoms with Crippen LogP contribution in [0, 0.1) is 11.3 Å². The molecule has 26 heavy (non-hydrogen) atoms. The van der Waals surface area contributed by atoms with Gasteiger partial charge in [0, 0.05) is 17.9 Å². The fourth-order valence-corrected chi connectivity index (χ4v) is 3.20. The van der Waals surface area contributed by atoms with Crippen molar-refractivity contribution in [1.82, 2.24) is 5.01 Å². The monoisotopic (exact) mass is 411 g/mol.